The SMILES string of the molecule is Cl.N[C@@H](Cc1ccccc1)c1nnc(SCc2cccc(Cl)c2)o1. The highest BCUT2D eigenvalue weighted by Gasteiger charge is 2.15. The maximum absolute atomic E-state index is 6.14. The minimum atomic E-state index is -0.301. The van der Waals surface area contributed by atoms with E-state index in [0.29, 0.717) is 17.5 Å². The molecule has 1 atom stereocenters. The van der Waals surface area contributed by atoms with E-state index in [1.165, 1.54) is 11.8 Å². The van der Waals surface area contributed by atoms with Crippen molar-refractivity contribution in [2.45, 2.75) is 23.4 Å². The lowest BCUT2D eigenvalue weighted by Gasteiger charge is -2.06. The molecule has 3 rings (SSSR count). The summed E-state index contributed by atoms with van der Waals surface area (Å²) >= 11 is 7.44. The molecule has 0 saturated heterocycles. The first-order valence-corrected chi connectivity index (χ1v) is 8.57. The van der Waals surface area contributed by atoms with Crippen LogP contribution in [0.4, 0.5) is 0 Å². The molecule has 2 aromatic carbocycles. The summed E-state index contributed by atoms with van der Waals surface area (Å²) in [5, 5.41) is 9.34. The number of benzene rings is 2. The predicted octanol–water partition coefficient (Wildman–Crippen LogP) is 4.68. The Bertz CT molecular complexity index is 767. The van der Waals surface area contributed by atoms with Gasteiger partial charge in [0.1, 0.15) is 0 Å². The van der Waals surface area contributed by atoms with Gasteiger partial charge in [0.25, 0.3) is 5.22 Å². The minimum absolute atomic E-state index is 0. The smallest absolute Gasteiger partial charge is 0.276 e. The fourth-order valence-electron chi connectivity index (χ4n) is 2.16. The predicted molar refractivity (Wildman–Crippen MR) is 99.6 cm³/mol. The fourth-order valence-corrected chi connectivity index (χ4v) is 3.08. The van der Waals surface area contributed by atoms with Gasteiger partial charge in [0.05, 0.1) is 6.04 Å². The van der Waals surface area contributed by atoms with Gasteiger partial charge in [-0.15, -0.1) is 22.6 Å². The van der Waals surface area contributed by atoms with Crippen LogP contribution in [0.5, 0.6) is 0 Å². The Morgan fingerprint density at radius 3 is 2.54 bits per heavy atom. The summed E-state index contributed by atoms with van der Waals surface area (Å²) in [6, 6.07) is 17.4. The molecular formula is C17H17Cl2N3OS. The van der Waals surface area contributed by atoms with Crippen LogP contribution in [0.1, 0.15) is 23.1 Å². The fraction of sp³-hybridized carbons (Fsp3) is 0.176. The van der Waals surface area contributed by atoms with E-state index >= 15 is 0 Å². The van der Waals surface area contributed by atoms with Crippen LogP contribution in [-0.2, 0) is 12.2 Å². The van der Waals surface area contributed by atoms with E-state index in [4.69, 9.17) is 21.8 Å². The van der Waals surface area contributed by atoms with Gasteiger partial charge in [-0.2, -0.15) is 0 Å². The average molecular weight is 382 g/mol. The first-order chi connectivity index (χ1) is 11.2. The van der Waals surface area contributed by atoms with Gasteiger partial charge in [-0.25, -0.2) is 0 Å². The molecule has 1 heterocycles. The van der Waals surface area contributed by atoms with E-state index in [2.05, 4.69) is 10.2 Å². The molecule has 0 aliphatic rings. The lowest BCUT2D eigenvalue weighted by Crippen LogP contribution is -2.13. The second-order valence-electron chi connectivity index (χ2n) is 5.12. The van der Waals surface area contributed by atoms with Crippen LogP contribution in [0, 0.1) is 0 Å². The van der Waals surface area contributed by atoms with Gasteiger partial charge in [0.2, 0.25) is 5.89 Å². The third-order valence-electron chi connectivity index (χ3n) is 3.29. The molecule has 7 heteroatoms. The maximum Gasteiger partial charge on any atom is 0.276 e. The first kappa shape index (κ1) is 18.8. The summed E-state index contributed by atoms with van der Waals surface area (Å²) in [5.41, 5.74) is 8.40. The van der Waals surface area contributed by atoms with Gasteiger partial charge in [-0.3, -0.25) is 0 Å². The molecule has 0 fully saturated rings. The minimum Gasteiger partial charge on any atom is -0.414 e. The van der Waals surface area contributed by atoms with Gasteiger partial charge in [0, 0.05) is 10.8 Å². The Kier molecular flexibility index (Phi) is 7.12. The van der Waals surface area contributed by atoms with Crippen LogP contribution >= 0.6 is 35.8 Å². The number of thioether (sulfide) groups is 1. The summed E-state index contributed by atoms with van der Waals surface area (Å²) < 4.78 is 5.65. The largest absolute Gasteiger partial charge is 0.414 e. The monoisotopic (exact) mass is 381 g/mol. The molecule has 2 N–H and O–H groups in total. The number of nitrogens with two attached hydrogens (primary N) is 1. The van der Waals surface area contributed by atoms with Gasteiger partial charge in [-0.1, -0.05) is 65.8 Å². The number of halogens is 2. The van der Waals surface area contributed by atoms with Gasteiger partial charge in [0.15, 0.2) is 0 Å². The second kappa shape index (κ2) is 9.08. The molecule has 0 radical (unpaired) electrons. The number of hydrogen-bond donors (Lipinski definition) is 1. The van der Waals surface area contributed by atoms with Crippen LogP contribution < -0.4 is 5.73 Å². The van der Waals surface area contributed by atoms with Gasteiger partial charge >= 0.3 is 0 Å². The number of hydrogen-bond acceptors (Lipinski definition) is 5. The summed E-state index contributed by atoms with van der Waals surface area (Å²) in [7, 11) is 0. The van der Waals surface area contributed by atoms with Crippen molar-refractivity contribution in [2.75, 3.05) is 0 Å². The van der Waals surface area contributed by atoms with E-state index < -0.39 is 0 Å². The van der Waals surface area contributed by atoms with Crippen molar-refractivity contribution >= 4 is 35.8 Å². The van der Waals surface area contributed by atoms with E-state index in [-0.39, 0.29) is 18.4 Å². The Morgan fingerprint density at radius 2 is 1.79 bits per heavy atom. The molecule has 0 saturated carbocycles. The van der Waals surface area contributed by atoms with Crippen molar-refractivity contribution in [1.29, 1.82) is 0 Å². The zero-order valence-corrected chi connectivity index (χ0v) is 15.2. The van der Waals surface area contributed by atoms with E-state index in [1.54, 1.807) is 0 Å². The van der Waals surface area contributed by atoms with Crippen LogP contribution in [0.2, 0.25) is 5.02 Å². The molecule has 0 unspecified atom stereocenters. The van der Waals surface area contributed by atoms with Crippen molar-refractivity contribution in [3.8, 4) is 0 Å². The molecule has 0 spiro atoms. The Hall–Kier alpha value is -1.53. The highest BCUT2D eigenvalue weighted by molar-refractivity contribution is 7.98. The Labute approximate surface area is 156 Å². The van der Waals surface area contributed by atoms with Crippen LogP contribution in [0.15, 0.2) is 64.2 Å². The third-order valence-corrected chi connectivity index (χ3v) is 4.41. The lowest BCUT2D eigenvalue weighted by atomic mass is 10.1. The van der Waals surface area contributed by atoms with Gasteiger partial charge < -0.3 is 10.2 Å². The van der Waals surface area contributed by atoms with Crippen LogP contribution in [-0.4, -0.2) is 10.2 Å². The van der Waals surface area contributed by atoms with E-state index in [9.17, 15) is 0 Å². The van der Waals surface area contributed by atoms with E-state index in [0.717, 1.165) is 21.9 Å². The summed E-state index contributed by atoms with van der Waals surface area (Å²) in [4.78, 5) is 0. The van der Waals surface area contributed by atoms with Crippen molar-refractivity contribution in [1.82, 2.24) is 10.2 Å². The molecule has 0 bridgehead atoms. The number of rotatable bonds is 6. The summed E-state index contributed by atoms with van der Waals surface area (Å²) in [6.45, 7) is 0. The normalized spacial score (nSPS) is 11.8. The van der Waals surface area contributed by atoms with Crippen molar-refractivity contribution in [2.24, 2.45) is 5.73 Å². The molecule has 0 amide bonds. The van der Waals surface area contributed by atoms with Gasteiger partial charge in [-0.05, 0) is 29.7 Å². The molecule has 4 nitrogen and oxygen atoms in total. The Morgan fingerprint density at radius 1 is 1.04 bits per heavy atom. The van der Waals surface area contributed by atoms with Crippen LogP contribution in [0.3, 0.4) is 0 Å². The van der Waals surface area contributed by atoms with Crippen molar-refractivity contribution in [3.05, 3.63) is 76.6 Å². The zero-order chi connectivity index (χ0) is 16.1. The number of nitrogens with zero attached hydrogens (tertiary/aromatic N) is 2. The van der Waals surface area contributed by atoms with E-state index in [1.807, 2.05) is 54.6 Å². The highest BCUT2D eigenvalue weighted by Crippen LogP contribution is 2.25. The average Bonchev–Trinajstić information content (AvgIpc) is 3.03. The topological polar surface area (TPSA) is 64.9 Å². The molecule has 24 heavy (non-hydrogen) atoms. The number of aromatic nitrogens is 2. The first-order valence-electron chi connectivity index (χ1n) is 7.21. The van der Waals surface area contributed by atoms with Crippen molar-refractivity contribution in [3.63, 3.8) is 0 Å². The lowest BCUT2D eigenvalue weighted by molar-refractivity contribution is 0.385. The van der Waals surface area contributed by atoms with Crippen LogP contribution in [0.25, 0.3) is 0 Å². The summed E-state index contributed by atoms with van der Waals surface area (Å²) in [6.07, 6.45) is 0.668. The molecular weight excluding hydrogens is 365 g/mol. The quantitative estimate of drug-likeness (QED) is 0.627. The zero-order valence-electron chi connectivity index (χ0n) is 12.8. The molecule has 0 aliphatic heterocycles. The summed E-state index contributed by atoms with van der Waals surface area (Å²) in [5.74, 6) is 1.18. The third kappa shape index (κ3) is 5.24. The standard InChI is InChI=1S/C17H16ClN3OS.ClH/c18-14-8-4-7-13(9-14)11-23-17-21-20-16(22-17)15(19)10-12-5-2-1-3-6-12;/h1-9,15H,10-11,19H2;1H/t15-;/m0./s1. The molecule has 126 valence electrons. The van der Waals surface area contributed by atoms with Crippen molar-refractivity contribution < 1.29 is 4.42 Å². The second-order valence-corrected chi connectivity index (χ2v) is 6.48. The Balaban J connectivity index is 0.00000208. The molecule has 3 aromatic rings. The highest BCUT2D eigenvalue weighted by atomic mass is 35.5. The molecule has 1 aromatic heterocycles. The maximum atomic E-state index is 6.14. The molecule has 0 aliphatic carbocycles.